The molecule has 5 atom stereocenters. The van der Waals surface area contributed by atoms with Crippen LogP contribution in [0.4, 0.5) is 0 Å². The van der Waals surface area contributed by atoms with E-state index in [0.29, 0.717) is 68.5 Å². The summed E-state index contributed by atoms with van der Waals surface area (Å²) in [6.45, 7) is 6.68. The standard InChI is InChI=1S/C8H16N2O4S2.C6H13NO2S.C4H9NO2S.C3H7NO2S/c11-5-13-7(3-15)9-1-2-10-8(4-16)14-6-12;1-6(2,10)5(7-3)9-4-8;1-5-4(2-8)7-3-6;4-3(1-7)6-2-5/h5-10,15-16H,1-4H2;4-5,7,10H,1-3H3;3-5,8H,2H2,1H3;2-3,7H,1,4H2. The molecule has 244 valence electrons. The highest BCUT2D eigenvalue weighted by Crippen LogP contribution is 2.17. The SMILES string of the molecule is CNC(CS)OC=O.CNC(OC=O)C(C)(C)S.NC(CS)OC=O.O=COC(CS)NCCNC(CS)OC=O. The third-order valence-electron chi connectivity index (χ3n) is 3.85. The molecule has 15 nitrogen and oxygen atoms in total. The molecule has 0 aliphatic carbocycles. The molecule has 0 aromatic carbocycles. The lowest BCUT2D eigenvalue weighted by Gasteiger charge is -2.26. The number of hydrogen-bond donors (Lipinski definition) is 10. The minimum absolute atomic E-state index is 0.254. The Balaban J connectivity index is -0.000000237. The van der Waals surface area contributed by atoms with Crippen molar-refractivity contribution < 1.29 is 47.7 Å². The Hall–Kier alpha value is -1.10. The molecule has 5 unspecified atom stereocenters. The van der Waals surface area contributed by atoms with Crippen LogP contribution in [-0.4, -0.2) is 118 Å². The highest BCUT2D eigenvalue weighted by atomic mass is 32.1. The van der Waals surface area contributed by atoms with Crippen LogP contribution in [0, 0.1) is 0 Å². The van der Waals surface area contributed by atoms with Crippen LogP contribution in [0.2, 0.25) is 0 Å². The third kappa shape index (κ3) is 35.0. The van der Waals surface area contributed by atoms with Gasteiger partial charge in [-0.05, 0) is 27.9 Å². The minimum Gasteiger partial charge on any atom is -0.448 e. The fraction of sp³-hybridized carbons (Fsp3) is 0.762. The van der Waals surface area contributed by atoms with Gasteiger partial charge in [-0.2, -0.15) is 63.1 Å². The maximum absolute atomic E-state index is 10.1. The van der Waals surface area contributed by atoms with Crippen molar-refractivity contribution >= 4 is 95.5 Å². The van der Waals surface area contributed by atoms with E-state index in [1.54, 1.807) is 14.1 Å². The number of thiol groups is 5. The van der Waals surface area contributed by atoms with Crippen LogP contribution in [0.15, 0.2) is 0 Å². The van der Waals surface area contributed by atoms with Gasteiger partial charge in [0, 0.05) is 36.1 Å². The Kier molecular flexibility index (Phi) is 40.1. The van der Waals surface area contributed by atoms with Crippen LogP contribution < -0.4 is 27.0 Å². The molecular formula is C21H45N5O10S5. The summed E-state index contributed by atoms with van der Waals surface area (Å²) in [4.78, 5) is 49.1. The quantitative estimate of drug-likeness (QED) is 0.0206. The van der Waals surface area contributed by atoms with E-state index in [2.05, 4.69) is 108 Å². The van der Waals surface area contributed by atoms with Gasteiger partial charge in [-0.25, -0.2) is 0 Å². The average Bonchev–Trinajstić information content (AvgIpc) is 2.96. The summed E-state index contributed by atoms with van der Waals surface area (Å²) in [5.41, 5.74) is 5.05. The molecule has 0 radical (unpaired) electrons. The van der Waals surface area contributed by atoms with Crippen molar-refractivity contribution in [3.8, 4) is 0 Å². The van der Waals surface area contributed by atoms with Crippen molar-refractivity contribution in [3.05, 3.63) is 0 Å². The molecule has 6 N–H and O–H groups in total. The number of hydrogen-bond acceptors (Lipinski definition) is 20. The summed E-state index contributed by atoms with van der Waals surface area (Å²) in [6, 6.07) is 0. The van der Waals surface area contributed by atoms with Crippen molar-refractivity contribution in [2.24, 2.45) is 5.73 Å². The second-order valence-electron chi connectivity index (χ2n) is 7.42. The van der Waals surface area contributed by atoms with Crippen LogP contribution in [-0.2, 0) is 47.7 Å². The minimum atomic E-state index is -0.555. The van der Waals surface area contributed by atoms with E-state index in [-0.39, 0.29) is 17.2 Å². The number of nitrogens with one attached hydrogen (secondary N) is 4. The third-order valence-corrected chi connectivity index (χ3v) is 5.44. The molecule has 0 saturated carbocycles. The van der Waals surface area contributed by atoms with E-state index in [9.17, 15) is 24.0 Å². The van der Waals surface area contributed by atoms with E-state index in [1.807, 2.05) is 13.8 Å². The molecule has 0 saturated heterocycles. The first-order valence-corrected chi connectivity index (χ1v) is 14.6. The second-order valence-corrected chi connectivity index (χ2v) is 10.0. The molecule has 0 aromatic heterocycles. The van der Waals surface area contributed by atoms with Gasteiger partial charge < -0.3 is 23.7 Å². The Morgan fingerprint density at radius 3 is 1.17 bits per heavy atom. The smallest absolute Gasteiger partial charge is 0.294 e. The van der Waals surface area contributed by atoms with Crippen LogP contribution in [0.1, 0.15) is 13.8 Å². The number of rotatable bonds is 22. The Labute approximate surface area is 269 Å². The first kappa shape index (κ1) is 46.8. The van der Waals surface area contributed by atoms with Crippen molar-refractivity contribution in [1.29, 1.82) is 0 Å². The lowest BCUT2D eigenvalue weighted by atomic mass is 10.2. The van der Waals surface area contributed by atoms with Crippen molar-refractivity contribution in [2.75, 3.05) is 50.2 Å². The number of carbonyl (C=O) groups is 5. The molecule has 0 fully saturated rings. The zero-order chi connectivity index (χ0) is 32.5. The van der Waals surface area contributed by atoms with Crippen LogP contribution in [0.5, 0.6) is 0 Å². The van der Waals surface area contributed by atoms with Crippen molar-refractivity contribution in [3.63, 3.8) is 0 Å². The summed E-state index contributed by atoms with van der Waals surface area (Å²) >= 11 is 19.8. The predicted octanol–water partition coefficient (Wildman–Crippen LogP) is -1.55. The number of carbonyl (C=O) groups excluding carboxylic acids is 5. The maximum Gasteiger partial charge on any atom is 0.294 e. The Bertz CT molecular complexity index is 606. The van der Waals surface area contributed by atoms with Crippen LogP contribution >= 0.6 is 63.1 Å². The highest BCUT2D eigenvalue weighted by molar-refractivity contribution is 7.81. The Morgan fingerprint density at radius 2 is 1.00 bits per heavy atom. The van der Waals surface area contributed by atoms with Crippen LogP contribution in [0.3, 0.4) is 0 Å². The molecule has 0 aliphatic rings. The molecule has 0 aliphatic heterocycles. The molecule has 0 aromatic rings. The highest BCUT2D eigenvalue weighted by Gasteiger charge is 2.25. The van der Waals surface area contributed by atoms with Crippen molar-refractivity contribution in [1.82, 2.24) is 21.3 Å². The molecule has 20 heteroatoms. The van der Waals surface area contributed by atoms with E-state index >= 15 is 0 Å². The molecule has 0 bridgehead atoms. The summed E-state index contributed by atoms with van der Waals surface area (Å²) in [5.74, 6) is 1.63. The fourth-order valence-electron chi connectivity index (χ4n) is 1.94. The zero-order valence-electron chi connectivity index (χ0n) is 23.4. The summed E-state index contributed by atoms with van der Waals surface area (Å²) < 4.78 is 22.4. The molecular weight excluding hydrogens is 643 g/mol. The van der Waals surface area contributed by atoms with E-state index in [0.717, 1.165) is 0 Å². The van der Waals surface area contributed by atoms with Gasteiger partial charge in [-0.1, -0.05) is 0 Å². The second kappa shape index (κ2) is 35.1. The normalized spacial score (nSPS) is 13.6. The van der Waals surface area contributed by atoms with E-state index in [4.69, 9.17) is 5.73 Å². The summed E-state index contributed by atoms with van der Waals surface area (Å²) in [5, 5.41) is 11.4. The van der Waals surface area contributed by atoms with Gasteiger partial charge in [0.25, 0.3) is 32.4 Å². The van der Waals surface area contributed by atoms with Gasteiger partial charge in [0.05, 0.1) is 4.75 Å². The Morgan fingerprint density at radius 1 is 0.634 bits per heavy atom. The lowest BCUT2D eigenvalue weighted by Crippen LogP contribution is -2.43. The largest absolute Gasteiger partial charge is 0.448 e. The summed E-state index contributed by atoms with van der Waals surface area (Å²) in [6.07, 6.45) is -1.97. The maximum atomic E-state index is 10.1. The van der Waals surface area contributed by atoms with Gasteiger partial charge in [0.1, 0.15) is 0 Å². The van der Waals surface area contributed by atoms with Gasteiger partial charge in [-0.15, -0.1) is 0 Å². The van der Waals surface area contributed by atoms with E-state index in [1.165, 1.54) is 0 Å². The van der Waals surface area contributed by atoms with Gasteiger partial charge >= 0.3 is 0 Å². The monoisotopic (exact) mass is 687 g/mol. The first-order chi connectivity index (χ1) is 19.5. The van der Waals surface area contributed by atoms with E-state index < -0.39 is 18.7 Å². The summed E-state index contributed by atoms with van der Waals surface area (Å²) in [7, 11) is 3.41. The van der Waals surface area contributed by atoms with Gasteiger partial charge in [-0.3, -0.25) is 51.0 Å². The first-order valence-electron chi connectivity index (χ1n) is 11.6. The van der Waals surface area contributed by atoms with Crippen LogP contribution in [0.25, 0.3) is 0 Å². The lowest BCUT2D eigenvalue weighted by molar-refractivity contribution is -0.136. The molecule has 0 amide bonds. The zero-order valence-corrected chi connectivity index (χ0v) is 27.9. The van der Waals surface area contributed by atoms with Gasteiger partial charge in [0.15, 0.2) is 31.1 Å². The topological polar surface area (TPSA) is 206 Å². The van der Waals surface area contributed by atoms with Gasteiger partial charge in [0.2, 0.25) is 0 Å². The average molecular weight is 688 g/mol. The van der Waals surface area contributed by atoms with Crippen molar-refractivity contribution in [2.45, 2.75) is 49.7 Å². The molecule has 0 spiro atoms. The predicted molar refractivity (Wildman–Crippen MR) is 171 cm³/mol. The molecule has 0 rings (SSSR count). The fourth-order valence-corrected chi connectivity index (χ4v) is 2.91. The number of ether oxygens (including phenoxy) is 5. The molecule has 0 heterocycles. The number of nitrogens with two attached hydrogens (primary N) is 1. The molecule has 41 heavy (non-hydrogen) atoms.